The number of likely N-dealkylation sites (tertiary alicyclic amines) is 1. The van der Waals surface area contributed by atoms with Crippen molar-refractivity contribution in [1.29, 1.82) is 0 Å². The van der Waals surface area contributed by atoms with Crippen LogP contribution in [0.25, 0.3) is 0 Å². The highest BCUT2D eigenvalue weighted by Gasteiger charge is 2.39. The summed E-state index contributed by atoms with van der Waals surface area (Å²) < 4.78 is 0. The highest BCUT2D eigenvalue weighted by Crippen LogP contribution is 2.28. The van der Waals surface area contributed by atoms with E-state index in [1.807, 2.05) is 0 Å². The average Bonchev–Trinajstić information content (AvgIpc) is 2.92. The molecule has 1 aliphatic heterocycles. The molecular formula is C10H16N2O3. The third kappa shape index (κ3) is 1.91. The van der Waals surface area contributed by atoms with Gasteiger partial charge >= 0.3 is 12.0 Å². The van der Waals surface area contributed by atoms with E-state index in [0.717, 1.165) is 19.3 Å². The zero-order chi connectivity index (χ0) is 11.0. The summed E-state index contributed by atoms with van der Waals surface area (Å²) in [5.74, 6) is -0.884. The minimum atomic E-state index is -0.884. The number of amides is 2. The lowest BCUT2D eigenvalue weighted by atomic mass is 10.2. The molecule has 15 heavy (non-hydrogen) atoms. The Morgan fingerprint density at radius 2 is 2.00 bits per heavy atom. The molecule has 84 valence electrons. The number of hydrogen-bond acceptors (Lipinski definition) is 2. The molecule has 0 aromatic rings. The molecule has 2 amide bonds. The molecule has 2 aliphatic rings. The van der Waals surface area contributed by atoms with E-state index < -0.39 is 12.0 Å². The molecule has 5 nitrogen and oxygen atoms in total. The maximum atomic E-state index is 11.9. The largest absolute Gasteiger partial charge is 0.480 e. The van der Waals surface area contributed by atoms with E-state index in [1.54, 1.807) is 11.9 Å². The summed E-state index contributed by atoms with van der Waals surface area (Å²) in [6.45, 7) is 0.576. The van der Waals surface area contributed by atoms with E-state index in [9.17, 15) is 9.59 Å². The van der Waals surface area contributed by atoms with Crippen molar-refractivity contribution in [3.05, 3.63) is 0 Å². The Morgan fingerprint density at radius 3 is 2.53 bits per heavy atom. The lowest BCUT2D eigenvalue weighted by Crippen LogP contribution is -2.47. The van der Waals surface area contributed by atoms with Crippen LogP contribution in [0.5, 0.6) is 0 Å². The van der Waals surface area contributed by atoms with E-state index in [2.05, 4.69) is 0 Å². The summed E-state index contributed by atoms with van der Waals surface area (Å²) in [5, 5.41) is 8.96. The quantitative estimate of drug-likeness (QED) is 0.734. The van der Waals surface area contributed by atoms with Gasteiger partial charge < -0.3 is 14.9 Å². The number of carbonyl (C=O) groups is 2. The molecule has 1 heterocycles. The highest BCUT2D eigenvalue weighted by molar-refractivity contribution is 5.83. The number of carboxylic acids is 1. The molecule has 0 spiro atoms. The van der Waals surface area contributed by atoms with Gasteiger partial charge in [-0.3, -0.25) is 0 Å². The molecule has 1 atom stereocenters. The van der Waals surface area contributed by atoms with Gasteiger partial charge in [-0.05, 0) is 25.7 Å². The molecule has 0 radical (unpaired) electrons. The van der Waals surface area contributed by atoms with Crippen molar-refractivity contribution in [2.75, 3.05) is 13.6 Å². The van der Waals surface area contributed by atoms with Crippen molar-refractivity contribution in [2.24, 2.45) is 0 Å². The second-order valence-electron chi connectivity index (χ2n) is 4.31. The molecule has 1 saturated heterocycles. The second-order valence-corrected chi connectivity index (χ2v) is 4.31. The van der Waals surface area contributed by atoms with Crippen LogP contribution in [0.1, 0.15) is 25.7 Å². The van der Waals surface area contributed by atoms with Gasteiger partial charge in [0.25, 0.3) is 0 Å². The fourth-order valence-corrected chi connectivity index (χ4v) is 2.07. The average molecular weight is 212 g/mol. The molecule has 1 N–H and O–H groups in total. The molecule has 0 aromatic heterocycles. The maximum Gasteiger partial charge on any atom is 0.326 e. The molecule has 1 aliphatic carbocycles. The Bertz CT molecular complexity index is 288. The smallest absolute Gasteiger partial charge is 0.326 e. The molecule has 2 rings (SSSR count). The molecule has 0 aromatic carbocycles. The van der Waals surface area contributed by atoms with Gasteiger partial charge in [0, 0.05) is 19.6 Å². The van der Waals surface area contributed by atoms with Crippen LogP contribution in [0.4, 0.5) is 4.79 Å². The third-order valence-electron chi connectivity index (χ3n) is 3.18. The molecule has 5 heteroatoms. The lowest BCUT2D eigenvalue weighted by molar-refractivity contribution is -0.141. The number of carboxylic acid groups (broad SMARTS) is 1. The predicted molar refractivity (Wildman–Crippen MR) is 53.5 cm³/mol. The summed E-state index contributed by atoms with van der Waals surface area (Å²) in [6.07, 6.45) is 3.47. The predicted octanol–water partition coefficient (Wildman–Crippen LogP) is 0.750. The van der Waals surface area contributed by atoms with Crippen LogP contribution in [0, 0.1) is 0 Å². The third-order valence-corrected chi connectivity index (χ3v) is 3.18. The van der Waals surface area contributed by atoms with Crippen LogP contribution < -0.4 is 0 Å². The zero-order valence-electron chi connectivity index (χ0n) is 8.85. The molecule has 0 bridgehead atoms. The van der Waals surface area contributed by atoms with E-state index in [1.165, 1.54) is 4.90 Å². The fourth-order valence-electron chi connectivity index (χ4n) is 2.07. The molecule has 2 fully saturated rings. The Morgan fingerprint density at radius 1 is 1.33 bits per heavy atom. The van der Waals surface area contributed by atoms with Gasteiger partial charge in [-0.15, -0.1) is 0 Å². The van der Waals surface area contributed by atoms with E-state index in [-0.39, 0.29) is 6.03 Å². The topological polar surface area (TPSA) is 60.9 Å². The van der Waals surface area contributed by atoms with Crippen LogP contribution in [0.2, 0.25) is 0 Å². The number of carbonyl (C=O) groups excluding carboxylic acids is 1. The Labute approximate surface area is 88.6 Å². The van der Waals surface area contributed by atoms with Gasteiger partial charge in [-0.1, -0.05) is 0 Å². The Kier molecular flexibility index (Phi) is 2.54. The standard InChI is InChI=1S/C10H16N2O3/c1-11(7-4-5-7)10(15)12-6-2-3-8(12)9(13)14/h7-8H,2-6H2,1H3,(H,13,14)/t8-/m1/s1. The number of nitrogens with zero attached hydrogens (tertiary/aromatic N) is 2. The minimum absolute atomic E-state index is 0.123. The molecular weight excluding hydrogens is 196 g/mol. The van der Waals surface area contributed by atoms with Crippen molar-refractivity contribution < 1.29 is 14.7 Å². The first kappa shape index (κ1) is 10.3. The fraction of sp³-hybridized carbons (Fsp3) is 0.800. The van der Waals surface area contributed by atoms with Gasteiger partial charge in [-0.25, -0.2) is 9.59 Å². The summed E-state index contributed by atoms with van der Waals surface area (Å²) in [4.78, 5) is 26.0. The van der Waals surface area contributed by atoms with Gasteiger partial charge in [-0.2, -0.15) is 0 Å². The van der Waals surface area contributed by atoms with Gasteiger partial charge in [0.1, 0.15) is 6.04 Å². The number of aliphatic carboxylic acids is 1. The maximum absolute atomic E-state index is 11.9. The first-order valence-electron chi connectivity index (χ1n) is 5.37. The van der Waals surface area contributed by atoms with E-state index in [0.29, 0.717) is 19.0 Å². The number of rotatable bonds is 2. The minimum Gasteiger partial charge on any atom is -0.480 e. The number of hydrogen-bond donors (Lipinski definition) is 1. The van der Waals surface area contributed by atoms with Gasteiger partial charge in [0.15, 0.2) is 0 Å². The van der Waals surface area contributed by atoms with Crippen LogP contribution in [0.3, 0.4) is 0 Å². The van der Waals surface area contributed by atoms with E-state index >= 15 is 0 Å². The summed E-state index contributed by atoms with van der Waals surface area (Å²) >= 11 is 0. The number of urea groups is 1. The second kappa shape index (κ2) is 3.72. The molecule has 1 saturated carbocycles. The Balaban J connectivity index is 2.01. The van der Waals surface area contributed by atoms with Crippen molar-refractivity contribution in [3.63, 3.8) is 0 Å². The van der Waals surface area contributed by atoms with Crippen LogP contribution in [0.15, 0.2) is 0 Å². The zero-order valence-corrected chi connectivity index (χ0v) is 8.85. The van der Waals surface area contributed by atoms with Crippen molar-refractivity contribution in [3.8, 4) is 0 Å². The lowest BCUT2D eigenvalue weighted by Gasteiger charge is -2.27. The Hall–Kier alpha value is -1.26. The van der Waals surface area contributed by atoms with Gasteiger partial charge in [0.05, 0.1) is 0 Å². The van der Waals surface area contributed by atoms with Gasteiger partial charge in [0.2, 0.25) is 0 Å². The highest BCUT2D eigenvalue weighted by atomic mass is 16.4. The monoisotopic (exact) mass is 212 g/mol. The van der Waals surface area contributed by atoms with Crippen LogP contribution in [-0.4, -0.2) is 52.6 Å². The van der Waals surface area contributed by atoms with Crippen molar-refractivity contribution >= 4 is 12.0 Å². The summed E-state index contributed by atoms with van der Waals surface area (Å²) in [7, 11) is 1.76. The van der Waals surface area contributed by atoms with Crippen LogP contribution in [-0.2, 0) is 4.79 Å². The SMILES string of the molecule is CN(C(=O)N1CCC[C@@H]1C(=O)O)C1CC1. The normalized spacial score (nSPS) is 25.4. The van der Waals surface area contributed by atoms with Crippen LogP contribution >= 0.6 is 0 Å². The summed E-state index contributed by atoms with van der Waals surface area (Å²) in [6, 6.07) is -0.395. The first-order valence-corrected chi connectivity index (χ1v) is 5.37. The van der Waals surface area contributed by atoms with Crippen molar-refractivity contribution in [2.45, 2.75) is 37.8 Å². The summed E-state index contributed by atoms with van der Waals surface area (Å²) in [5.41, 5.74) is 0. The molecule has 0 unspecified atom stereocenters. The van der Waals surface area contributed by atoms with E-state index in [4.69, 9.17) is 5.11 Å². The first-order chi connectivity index (χ1) is 7.11. The van der Waals surface area contributed by atoms with Crippen molar-refractivity contribution in [1.82, 2.24) is 9.80 Å².